The Kier molecular flexibility index (Phi) is 6.35. The number of likely N-dealkylation sites (tertiary alicyclic amines) is 1. The zero-order valence-corrected chi connectivity index (χ0v) is 16.9. The number of imide groups is 1. The second-order valence-electron chi connectivity index (χ2n) is 7.30. The Bertz CT molecular complexity index is 895. The van der Waals surface area contributed by atoms with Gasteiger partial charge in [0.1, 0.15) is 6.54 Å². The quantitative estimate of drug-likeness (QED) is 0.312. The first-order valence-corrected chi connectivity index (χ1v) is 9.86. The van der Waals surface area contributed by atoms with Crippen molar-refractivity contribution >= 4 is 46.7 Å². The normalized spacial score (nSPS) is 21.7. The summed E-state index contributed by atoms with van der Waals surface area (Å²) >= 11 is 5.93. The van der Waals surface area contributed by atoms with Crippen LogP contribution in [0, 0.1) is 22.0 Å². The van der Waals surface area contributed by atoms with Crippen molar-refractivity contribution in [3.05, 3.63) is 33.3 Å². The number of nitrogens with zero attached hydrogens (tertiary/aromatic N) is 2. The number of ether oxygens (including phenoxy) is 1. The molecule has 0 bridgehead atoms. The Labute approximate surface area is 176 Å². The van der Waals surface area contributed by atoms with Crippen LogP contribution in [0.3, 0.4) is 0 Å². The summed E-state index contributed by atoms with van der Waals surface area (Å²) in [4.78, 5) is 60.5. The van der Waals surface area contributed by atoms with Crippen molar-refractivity contribution in [1.29, 1.82) is 0 Å². The van der Waals surface area contributed by atoms with Crippen LogP contribution in [0.5, 0.6) is 0 Å². The number of nitro benzene ring substituents is 1. The highest BCUT2D eigenvalue weighted by atomic mass is 35.5. The van der Waals surface area contributed by atoms with Gasteiger partial charge in [-0.05, 0) is 25.8 Å². The molecule has 160 valence electrons. The Balaban J connectivity index is 1.58. The van der Waals surface area contributed by atoms with Crippen molar-refractivity contribution in [2.24, 2.45) is 11.8 Å². The molecule has 0 aromatic heterocycles. The third-order valence-electron chi connectivity index (χ3n) is 5.32. The largest absolute Gasteiger partial charge is 0.451 e. The number of nitro groups is 1. The van der Waals surface area contributed by atoms with Crippen LogP contribution in [0.1, 0.15) is 32.6 Å². The molecule has 2 fully saturated rings. The number of anilines is 1. The van der Waals surface area contributed by atoms with Gasteiger partial charge in [-0.1, -0.05) is 24.4 Å². The summed E-state index contributed by atoms with van der Waals surface area (Å²) in [5.74, 6) is -3.17. The van der Waals surface area contributed by atoms with Crippen molar-refractivity contribution in [2.75, 3.05) is 11.9 Å². The molecule has 2 aliphatic rings. The molecule has 10 nitrogen and oxygen atoms in total. The van der Waals surface area contributed by atoms with Crippen LogP contribution in [0.2, 0.25) is 5.02 Å². The fourth-order valence-corrected chi connectivity index (χ4v) is 3.93. The number of carbonyl (C=O) groups excluding carboxylic acids is 4. The second-order valence-corrected chi connectivity index (χ2v) is 7.71. The number of rotatable bonds is 6. The minimum Gasteiger partial charge on any atom is -0.451 e. The molecule has 11 heteroatoms. The Morgan fingerprint density at radius 1 is 1.27 bits per heavy atom. The minimum absolute atomic E-state index is 0.00672. The zero-order chi connectivity index (χ0) is 22.0. The van der Waals surface area contributed by atoms with E-state index in [9.17, 15) is 29.3 Å². The lowest BCUT2D eigenvalue weighted by Crippen LogP contribution is -2.39. The number of amides is 3. The molecule has 3 amide bonds. The highest BCUT2D eigenvalue weighted by molar-refractivity contribution is 6.33. The molecule has 1 aromatic carbocycles. The number of fused-ring (bicyclic) bond motifs is 1. The van der Waals surface area contributed by atoms with Crippen molar-refractivity contribution in [3.8, 4) is 0 Å². The maximum absolute atomic E-state index is 12.4. The topological polar surface area (TPSA) is 136 Å². The van der Waals surface area contributed by atoms with E-state index in [0.29, 0.717) is 12.8 Å². The molecule has 1 aromatic rings. The number of nitrogens with one attached hydrogen (secondary N) is 1. The fraction of sp³-hybridized carbons (Fsp3) is 0.474. The van der Waals surface area contributed by atoms with Gasteiger partial charge in [0.25, 0.3) is 11.6 Å². The van der Waals surface area contributed by atoms with Gasteiger partial charge < -0.3 is 10.1 Å². The summed E-state index contributed by atoms with van der Waals surface area (Å²) < 4.78 is 5.04. The van der Waals surface area contributed by atoms with E-state index in [2.05, 4.69) is 5.32 Å². The first-order valence-electron chi connectivity index (χ1n) is 9.48. The predicted molar refractivity (Wildman–Crippen MR) is 104 cm³/mol. The van der Waals surface area contributed by atoms with Crippen molar-refractivity contribution in [3.63, 3.8) is 0 Å². The molecule has 0 spiro atoms. The van der Waals surface area contributed by atoms with Gasteiger partial charge in [-0.25, -0.2) is 0 Å². The number of esters is 1. The standard InChI is InChI=1S/C19H20ClN3O7/c1-10(17(25)21-15-8-11(23(28)29)6-7-14(15)20)30-16(24)9-22-18(26)12-4-2-3-5-13(12)19(22)27/h6-8,10,12-13H,2-5,9H2,1H3,(H,21,25). The lowest BCUT2D eigenvalue weighted by atomic mass is 9.81. The Morgan fingerprint density at radius 2 is 1.87 bits per heavy atom. The Morgan fingerprint density at radius 3 is 2.43 bits per heavy atom. The summed E-state index contributed by atoms with van der Waals surface area (Å²) in [5.41, 5.74) is -0.278. The lowest BCUT2D eigenvalue weighted by Gasteiger charge is -2.19. The van der Waals surface area contributed by atoms with Gasteiger partial charge in [0, 0.05) is 12.1 Å². The van der Waals surface area contributed by atoms with E-state index >= 15 is 0 Å². The van der Waals surface area contributed by atoms with Crippen molar-refractivity contribution in [2.45, 2.75) is 38.7 Å². The fourth-order valence-electron chi connectivity index (χ4n) is 3.76. The molecule has 1 N–H and O–H groups in total. The van der Waals surface area contributed by atoms with Crippen LogP contribution >= 0.6 is 11.6 Å². The maximum Gasteiger partial charge on any atom is 0.326 e. The molecule has 3 atom stereocenters. The van der Waals surface area contributed by atoms with Crippen LogP contribution in [0.15, 0.2) is 18.2 Å². The summed E-state index contributed by atoms with van der Waals surface area (Å²) in [7, 11) is 0. The third-order valence-corrected chi connectivity index (χ3v) is 5.65. The summed E-state index contributed by atoms with van der Waals surface area (Å²) in [6.45, 7) is 0.742. The SMILES string of the molecule is CC(OC(=O)CN1C(=O)C2CCCCC2C1=O)C(=O)Nc1cc([N+](=O)[O-])ccc1Cl. The summed E-state index contributed by atoms with van der Waals surface area (Å²) in [6.07, 6.45) is 1.72. The summed E-state index contributed by atoms with van der Waals surface area (Å²) in [6, 6.07) is 3.53. The molecule has 1 saturated heterocycles. The molecule has 30 heavy (non-hydrogen) atoms. The van der Waals surface area contributed by atoms with E-state index in [1.807, 2.05) is 0 Å². The van der Waals surface area contributed by atoms with Crippen molar-refractivity contribution in [1.82, 2.24) is 4.90 Å². The second kappa shape index (κ2) is 8.78. The summed E-state index contributed by atoms with van der Waals surface area (Å²) in [5, 5.41) is 13.3. The maximum atomic E-state index is 12.4. The first-order chi connectivity index (χ1) is 14.2. The van der Waals surface area contributed by atoms with E-state index in [1.54, 1.807) is 0 Å². The predicted octanol–water partition coefficient (Wildman–Crippen LogP) is 2.29. The van der Waals surface area contributed by atoms with E-state index in [-0.39, 0.29) is 40.0 Å². The number of non-ortho nitro benzene ring substituents is 1. The van der Waals surface area contributed by atoms with Crippen LogP contribution in [0.4, 0.5) is 11.4 Å². The molecular weight excluding hydrogens is 418 g/mol. The molecule has 1 aliphatic heterocycles. The third kappa shape index (κ3) is 4.43. The highest BCUT2D eigenvalue weighted by Crippen LogP contribution is 2.37. The average Bonchev–Trinajstić information content (AvgIpc) is 2.94. The van der Waals surface area contributed by atoms with Gasteiger partial charge in [0.2, 0.25) is 11.8 Å². The minimum atomic E-state index is -1.28. The molecular formula is C19H20ClN3O7. The highest BCUT2D eigenvalue weighted by Gasteiger charge is 2.48. The van der Waals surface area contributed by atoms with Gasteiger partial charge in [0.05, 0.1) is 27.5 Å². The van der Waals surface area contributed by atoms with Gasteiger partial charge in [-0.2, -0.15) is 0 Å². The monoisotopic (exact) mass is 437 g/mol. The number of hydrogen-bond donors (Lipinski definition) is 1. The number of halogens is 1. The smallest absolute Gasteiger partial charge is 0.326 e. The molecule has 1 heterocycles. The van der Waals surface area contributed by atoms with E-state index in [4.69, 9.17) is 16.3 Å². The molecule has 3 unspecified atom stereocenters. The lowest BCUT2D eigenvalue weighted by molar-refractivity contribution is -0.384. The average molecular weight is 438 g/mol. The zero-order valence-electron chi connectivity index (χ0n) is 16.1. The number of carbonyl (C=O) groups is 4. The molecule has 3 rings (SSSR count). The molecule has 0 radical (unpaired) electrons. The number of hydrogen-bond acceptors (Lipinski definition) is 7. The Hall–Kier alpha value is -3.01. The van der Waals surface area contributed by atoms with Gasteiger partial charge in [-0.15, -0.1) is 0 Å². The first kappa shape index (κ1) is 21.7. The van der Waals surface area contributed by atoms with Crippen molar-refractivity contribution < 1.29 is 28.8 Å². The molecule has 1 aliphatic carbocycles. The van der Waals surface area contributed by atoms with Crippen LogP contribution in [-0.4, -0.2) is 46.2 Å². The van der Waals surface area contributed by atoms with Gasteiger partial charge in [0.15, 0.2) is 6.10 Å². The van der Waals surface area contributed by atoms with Crippen LogP contribution in [0.25, 0.3) is 0 Å². The van der Waals surface area contributed by atoms with Crippen LogP contribution < -0.4 is 5.32 Å². The van der Waals surface area contributed by atoms with Gasteiger partial charge >= 0.3 is 5.97 Å². The molecule has 1 saturated carbocycles. The van der Waals surface area contributed by atoms with E-state index in [0.717, 1.165) is 23.8 Å². The van der Waals surface area contributed by atoms with E-state index in [1.165, 1.54) is 19.1 Å². The van der Waals surface area contributed by atoms with Gasteiger partial charge in [-0.3, -0.25) is 34.2 Å². The van der Waals surface area contributed by atoms with Crippen LogP contribution in [-0.2, 0) is 23.9 Å². The number of benzene rings is 1. The van der Waals surface area contributed by atoms with E-state index < -0.39 is 29.4 Å².